The molecule has 28 heavy (non-hydrogen) atoms. The van der Waals surface area contributed by atoms with Crippen molar-refractivity contribution < 1.29 is 36.9 Å². The van der Waals surface area contributed by atoms with E-state index in [1.54, 1.807) is 0 Å². The van der Waals surface area contributed by atoms with Crippen molar-refractivity contribution in [1.82, 2.24) is 0 Å². The van der Waals surface area contributed by atoms with Crippen molar-refractivity contribution >= 4 is 0 Å². The van der Waals surface area contributed by atoms with Gasteiger partial charge in [0.1, 0.15) is 0 Å². The van der Waals surface area contributed by atoms with Crippen LogP contribution in [-0.4, -0.2) is 22.8 Å². The molecule has 3 nitrogen and oxygen atoms in total. The highest BCUT2D eigenvalue weighted by atomic mass is 19.2. The molecular weight excluding hydrogens is 383 g/mol. The molecule has 0 aromatic heterocycles. The number of hydrogen-bond acceptors (Lipinski definition) is 3. The molecule has 0 aliphatic heterocycles. The molecule has 8 heteroatoms. The number of aliphatic hydroxyl groups is 2. The van der Waals surface area contributed by atoms with Crippen LogP contribution in [0.1, 0.15) is 76.7 Å². The van der Waals surface area contributed by atoms with E-state index in [4.69, 9.17) is 14.9 Å². The molecule has 1 unspecified atom stereocenters. The summed E-state index contributed by atoms with van der Waals surface area (Å²) in [5, 5.41) is 18.0. The average Bonchev–Trinajstić information content (AvgIpc) is 2.66. The molecule has 0 aliphatic carbocycles. The van der Waals surface area contributed by atoms with Gasteiger partial charge in [0.25, 0.3) is 6.48 Å². The van der Waals surface area contributed by atoms with Crippen LogP contribution in [0, 0.1) is 29.1 Å². The van der Waals surface area contributed by atoms with E-state index in [1.165, 1.54) is 12.8 Å². The van der Waals surface area contributed by atoms with Crippen molar-refractivity contribution in [1.29, 1.82) is 0 Å². The van der Waals surface area contributed by atoms with E-state index in [-0.39, 0.29) is 19.3 Å². The van der Waals surface area contributed by atoms with Gasteiger partial charge in [-0.3, -0.25) is 0 Å². The second-order valence-corrected chi connectivity index (χ2v) is 6.94. The predicted molar refractivity (Wildman–Crippen MR) is 94.9 cm³/mol. The predicted octanol–water partition coefficient (Wildman–Crippen LogP) is 5.50. The number of rotatable bonds is 14. The first-order valence-electron chi connectivity index (χ1n) is 9.81. The lowest BCUT2D eigenvalue weighted by Gasteiger charge is -2.19. The Hall–Kier alpha value is -1.25. The SMILES string of the molecule is CCCCCCCCCC(CCCc1c(F)c(F)c(F)c(F)c1F)OC(O)O. The summed E-state index contributed by atoms with van der Waals surface area (Å²) in [4.78, 5) is 0. The van der Waals surface area contributed by atoms with E-state index in [2.05, 4.69) is 6.92 Å². The molecule has 0 bridgehead atoms. The summed E-state index contributed by atoms with van der Waals surface area (Å²) < 4.78 is 71.8. The standard InChI is InChI=1S/C20H29F5O3/c1-2-3-4-5-6-7-8-10-13(28-20(26)27)11-9-12-14-15(21)17(23)19(25)18(24)16(14)22/h13,20,26-27H,2-12H2,1H3. The molecule has 0 saturated carbocycles. The maximum atomic E-state index is 13.7. The zero-order valence-electron chi connectivity index (χ0n) is 16.1. The lowest BCUT2D eigenvalue weighted by atomic mass is 10.0. The summed E-state index contributed by atoms with van der Waals surface area (Å²) in [6, 6.07) is 0. The van der Waals surface area contributed by atoms with Gasteiger partial charge in [-0.05, 0) is 25.7 Å². The van der Waals surface area contributed by atoms with Crippen LogP contribution >= 0.6 is 0 Å². The minimum atomic E-state index is -2.18. The van der Waals surface area contributed by atoms with Crippen molar-refractivity contribution in [2.75, 3.05) is 0 Å². The molecule has 0 amide bonds. The van der Waals surface area contributed by atoms with E-state index in [1.807, 2.05) is 0 Å². The fraction of sp³-hybridized carbons (Fsp3) is 0.700. The maximum Gasteiger partial charge on any atom is 0.266 e. The van der Waals surface area contributed by atoms with E-state index >= 15 is 0 Å². The molecule has 1 rings (SSSR count). The fourth-order valence-electron chi connectivity index (χ4n) is 3.16. The average molecular weight is 412 g/mol. The number of halogens is 5. The van der Waals surface area contributed by atoms with E-state index < -0.39 is 47.2 Å². The van der Waals surface area contributed by atoms with Crippen molar-refractivity contribution in [2.24, 2.45) is 0 Å². The highest BCUT2D eigenvalue weighted by Crippen LogP contribution is 2.25. The fourth-order valence-corrected chi connectivity index (χ4v) is 3.16. The molecule has 0 fully saturated rings. The van der Waals surface area contributed by atoms with Gasteiger partial charge >= 0.3 is 0 Å². The lowest BCUT2D eigenvalue weighted by Crippen LogP contribution is -2.22. The first-order valence-corrected chi connectivity index (χ1v) is 9.81. The highest BCUT2D eigenvalue weighted by molar-refractivity contribution is 5.24. The largest absolute Gasteiger partial charge is 0.346 e. The third kappa shape index (κ3) is 8.01. The van der Waals surface area contributed by atoms with E-state index in [9.17, 15) is 22.0 Å². The third-order valence-corrected chi connectivity index (χ3v) is 4.70. The minimum Gasteiger partial charge on any atom is -0.346 e. The first kappa shape index (κ1) is 24.8. The number of hydrogen-bond donors (Lipinski definition) is 2. The van der Waals surface area contributed by atoms with Crippen molar-refractivity contribution in [3.8, 4) is 0 Å². The van der Waals surface area contributed by atoms with Crippen LogP contribution in [0.5, 0.6) is 0 Å². The van der Waals surface area contributed by atoms with Crippen LogP contribution in [0.3, 0.4) is 0 Å². The normalized spacial score (nSPS) is 12.8. The topological polar surface area (TPSA) is 49.7 Å². The van der Waals surface area contributed by atoms with Gasteiger partial charge in [0.2, 0.25) is 5.82 Å². The molecular formula is C20H29F5O3. The Kier molecular flexibility index (Phi) is 11.6. The third-order valence-electron chi connectivity index (χ3n) is 4.70. The van der Waals surface area contributed by atoms with Crippen LogP contribution in [0.15, 0.2) is 0 Å². The van der Waals surface area contributed by atoms with Gasteiger partial charge in [-0.25, -0.2) is 22.0 Å². The molecule has 1 aromatic carbocycles. The minimum absolute atomic E-state index is 0.0756. The Balaban J connectivity index is 2.51. The Morgan fingerprint density at radius 3 is 1.68 bits per heavy atom. The number of aliphatic hydroxyl groups excluding tert-OH is 1. The van der Waals surface area contributed by atoms with Crippen LogP contribution in [0.2, 0.25) is 0 Å². The summed E-state index contributed by atoms with van der Waals surface area (Å²) in [6.45, 7) is 0.151. The molecule has 162 valence electrons. The highest BCUT2D eigenvalue weighted by Gasteiger charge is 2.25. The molecule has 1 aromatic rings. The van der Waals surface area contributed by atoms with Gasteiger partial charge in [0.15, 0.2) is 23.3 Å². The summed E-state index contributed by atoms with van der Waals surface area (Å²) in [5.41, 5.74) is -0.865. The Labute approximate surface area is 162 Å². The first-order chi connectivity index (χ1) is 13.3. The van der Waals surface area contributed by atoms with Gasteiger partial charge in [-0.2, -0.15) is 0 Å². The van der Waals surface area contributed by atoms with Gasteiger partial charge in [-0.15, -0.1) is 0 Å². The zero-order valence-corrected chi connectivity index (χ0v) is 16.1. The number of ether oxygens (including phenoxy) is 1. The second kappa shape index (κ2) is 13.1. The molecule has 0 aliphatic rings. The molecule has 0 radical (unpaired) electrons. The zero-order chi connectivity index (χ0) is 21.1. The Morgan fingerprint density at radius 2 is 1.14 bits per heavy atom. The summed E-state index contributed by atoms with van der Waals surface area (Å²) in [5.74, 6) is -9.76. The van der Waals surface area contributed by atoms with Crippen LogP contribution in [0.25, 0.3) is 0 Å². The molecule has 1 atom stereocenters. The van der Waals surface area contributed by atoms with Crippen LogP contribution < -0.4 is 0 Å². The quantitative estimate of drug-likeness (QED) is 0.139. The van der Waals surface area contributed by atoms with Crippen molar-refractivity contribution in [2.45, 2.75) is 90.1 Å². The maximum absolute atomic E-state index is 13.7. The van der Waals surface area contributed by atoms with E-state index in [0.717, 1.165) is 32.1 Å². The lowest BCUT2D eigenvalue weighted by molar-refractivity contribution is -0.257. The summed E-state index contributed by atoms with van der Waals surface area (Å²) in [6.07, 6.45) is 7.29. The van der Waals surface area contributed by atoms with Gasteiger partial charge in [-0.1, -0.05) is 51.9 Å². The molecule has 2 N–H and O–H groups in total. The smallest absolute Gasteiger partial charge is 0.266 e. The Morgan fingerprint density at radius 1 is 0.679 bits per heavy atom. The Bertz CT molecular complexity index is 567. The monoisotopic (exact) mass is 412 g/mol. The number of unbranched alkanes of at least 4 members (excludes halogenated alkanes) is 6. The number of benzene rings is 1. The summed E-state index contributed by atoms with van der Waals surface area (Å²) in [7, 11) is 0. The van der Waals surface area contributed by atoms with Crippen molar-refractivity contribution in [3.05, 3.63) is 34.6 Å². The van der Waals surface area contributed by atoms with Crippen molar-refractivity contribution in [3.63, 3.8) is 0 Å². The molecule has 0 spiro atoms. The van der Waals surface area contributed by atoms with Crippen LogP contribution in [-0.2, 0) is 11.2 Å². The summed E-state index contributed by atoms with van der Waals surface area (Å²) >= 11 is 0. The van der Waals surface area contributed by atoms with E-state index in [0.29, 0.717) is 6.42 Å². The molecule has 0 saturated heterocycles. The van der Waals surface area contributed by atoms with Gasteiger partial charge in [0, 0.05) is 5.56 Å². The molecule has 0 heterocycles. The van der Waals surface area contributed by atoms with Gasteiger partial charge < -0.3 is 14.9 Å². The second-order valence-electron chi connectivity index (χ2n) is 6.94. The van der Waals surface area contributed by atoms with Gasteiger partial charge in [0.05, 0.1) is 6.10 Å². The van der Waals surface area contributed by atoms with Crippen LogP contribution in [0.4, 0.5) is 22.0 Å².